The second kappa shape index (κ2) is 9.02. The van der Waals surface area contributed by atoms with Crippen molar-refractivity contribution in [1.82, 2.24) is 5.32 Å². The molecule has 0 aromatic heterocycles. The van der Waals surface area contributed by atoms with E-state index in [1.807, 2.05) is 13.8 Å². The van der Waals surface area contributed by atoms with Crippen molar-refractivity contribution in [3.05, 3.63) is 29.8 Å². The van der Waals surface area contributed by atoms with E-state index >= 15 is 0 Å². The summed E-state index contributed by atoms with van der Waals surface area (Å²) in [6.45, 7) is 7.24. The SMILES string of the molecule is CCOC(=O)C(C)NC(=O)c1ccc(NC(=O)[C@@H](N)C(C)C)cc1. The molecular weight excluding hydrogens is 310 g/mol. The summed E-state index contributed by atoms with van der Waals surface area (Å²) in [6.07, 6.45) is 0. The normalized spacial score (nSPS) is 13.1. The molecule has 2 atom stereocenters. The van der Waals surface area contributed by atoms with Gasteiger partial charge in [-0.2, -0.15) is 0 Å². The third-order valence-electron chi connectivity index (χ3n) is 3.42. The summed E-state index contributed by atoms with van der Waals surface area (Å²) >= 11 is 0. The molecule has 1 aromatic carbocycles. The van der Waals surface area contributed by atoms with Crippen molar-refractivity contribution in [2.75, 3.05) is 11.9 Å². The van der Waals surface area contributed by atoms with Crippen molar-refractivity contribution in [3.63, 3.8) is 0 Å². The van der Waals surface area contributed by atoms with Crippen LogP contribution in [0.25, 0.3) is 0 Å². The first-order chi connectivity index (χ1) is 11.3. The van der Waals surface area contributed by atoms with E-state index in [0.717, 1.165) is 0 Å². The Morgan fingerprint density at radius 2 is 1.71 bits per heavy atom. The number of carbonyl (C=O) groups excluding carboxylic acids is 3. The van der Waals surface area contributed by atoms with Gasteiger partial charge in [0.15, 0.2) is 0 Å². The predicted molar refractivity (Wildman–Crippen MR) is 91.4 cm³/mol. The van der Waals surface area contributed by atoms with Crippen molar-refractivity contribution >= 4 is 23.5 Å². The molecule has 0 saturated heterocycles. The van der Waals surface area contributed by atoms with Crippen LogP contribution in [0.1, 0.15) is 38.1 Å². The van der Waals surface area contributed by atoms with Crippen LogP contribution in [-0.2, 0) is 14.3 Å². The fourth-order valence-corrected chi connectivity index (χ4v) is 1.84. The molecule has 7 nitrogen and oxygen atoms in total. The maximum absolute atomic E-state index is 12.1. The van der Waals surface area contributed by atoms with E-state index in [9.17, 15) is 14.4 Å². The minimum Gasteiger partial charge on any atom is -0.464 e. The van der Waals surface area contributed by atoms with Crippen molar-refractivity contribution < 1.29 is 19.1 Å². The number of hydrogen-bond acceptors (Lipinski definition) is 5. The summed E-state index contributed by atoms with van der Waals surface area (Å²) in [6, 6.07) is 5.00. The van der Waals surface area contributed by atoms with Gasteiger partial charge in [-0.1, -0.05) is 13.8 Å². The molecule has 0 aliphatic rings. The Kier molecular flexibility index (Phi) is 7.38. The van der Waals surface area contributed by atoms with Gasteiger partial charge in [0.1, 0.15) is 6.04 Å². The third kappa shape index (κ3) is 5.66. The van der Waals surface area contributed by atoms with Crippen molar-refractivity contribution in [2.24, 2.45) is 11.7 Å². The number of anilines is 1. The van der Waals surface area contributed by atoms with Gasteiger partial charge < -0.3 is 21.1 Å². The van der Waals surface area contributed by atoms with Crippen LogP contribution in [0.4, 0.5) is 5.69 Å². The lowest BCUT2D eigenvalue weighted by molar-refractivity contribution is -0.144. The second-order valence-electron chi connectivity index (χ2n) is 5.78. The number of hydrogen-bond donors (Lipinski definition) is 3. The monoisotopic (exact) mass is 335 g/mol. The maximum Gasteiger partial charge on any atom is 0.328 e. The summed E-state index contributed by atoms with van der Waals surface area (Å²) in [4.78, 5) is 35.5. The summed E-state index contributed by atoms with van der Waals surface area (Å²) in [5.74, 6) is -1.14. The van der Waals surface area contributed by atoms with Gasteiger partial charge in [0.05, 0.1) is 12.6 Å². The first-order valence-electron chi connectivity index (χ1n) is 7.90. The molecule has 0 aliphatic carbocycles. The molecular formula is C17H25N3O4. The topological polar surface area (TPSA) is 111 Å². The Bertz CT molecular complexity index is 584. The van der Waals surface area contributed by atoms with Crippen LogP contribution in [-0.4, -0.2) is 36.5 Å². The maximum atomic E-state index is 12.1. The largest absolute Gasteiger partial charge is 0.464 e. The first-order valence-corrected chi connectivity index (χ1v) is 7.90. The van der Waals surface area contributed by atoms with Gasteiger partial charge in [0, 0.05) is 11.3 Å². The van der Waals surface area contributed by atoms with Crippen molar-refractivity contribution in [2.45, 2.75) is 39.8 Å². The summed E-state index contributed by atoms with van der Waals surface area (Å²) in [7, 11) is 0. The molecule has 0 aliphatic heterocycles. The van der Waals surface area contributed by atoms with Crippen LogP contribution in [0, 0.1) is 5.92 Å². The smallest absolute Gasteiger partial charge is 0.328 e. The molecule has 1 rings (SSSR count). The molecule has 4 N–H and O–H groups in total. The molecule has 24 heavy (non-hydrogen) atoms. The number of benzene rings is 1. The Morgan fingerprint density at radius 1 is 1.12 bits per heavy atom. The molecule has 0 radical (unpaired) electrons. The lowest BCUT2D eigenvalue weighted by Crippen LogP contribution is -2.40. The average Bonchev–Trinajstić information content (AvgIpc) is 2.54. The highest BCUT2D eigenvalue weighted by Crippen LogP contribution is 2.11. The van der Waals surface area contributed by atoms with Gasteiger partial charge in [-0.15, -0.1) is 0 Å². The molecule has 0 bridgehead atoms. The quantitative estimate of drug-likeness (QED) is 0.650. The van der Waals surface area contributed by atoms with Crippen molar-refractivity contribution in [3.8, 4) is 0 Å². The second-order valence-corrected chi connectivity index (χ2v) is 5.78. The van der Waals surface area contributed by atoms with E-state index in [0.29, 0.717) is 11.3 Å². The number of rotatable bonds is 7. The Hall–Kier alpha value is -2.41. The zero-order chi connectivity index (χ0) is 18.3. The number of ether oxygens (including phenoxy) is 1. The predicted octanol–water partition coefficient (Wildman–Crippen LogP) is 1.29. The van der Waals surface area contributed by atoms with E-state index in [-0.39, 0.29) is 18.4 Å². The Morgan fingerprint density at radius 3 is 2.21 bits per heavy atom. The molecule has 0 spiro atoms. The van der Waals surface area contributed by atoms with Gasteiger partial charge in [0.25, 0.3) is 5.91 Å². The summed E-state index contributed by atoms with van der Waals surface area (Å²) < 4.78 is 4.83. The number of amides is 2. The van der Waals surface area contributed by atoms with E-state index < -0.39 is 24.0 Å². The molecule has 1 unspecified atom stereocenters. The summed E-state index contributed by atoms with van der Waals surface area (Å²) in [5.41, 5.74) is 6.69. The molecule has 2 amide bonds. The fraction of sp³-hybridized carbons (Fsp3) is 0.471. The van der Waals surface area contributed by atoms with Gasteiger partial charge in [-0.3, -0.25) is 9.59 Å². The van der Waals surface area contributed by atoms with Gasteiger partial charge in [-0.25, -0.2) is 4.79 Å². The lowest BCUT2D eigenvalue weighted by Gasteiger charge is -2.15. The zero-order valence-corrected chi connectivity index (χ0v) is 14.5. The number of esters is 1. The molecule has 132 valence electrons. The molecule has 0 fully saturated rings. The van der Waals surface area contributed by atoms with E-state index in [4.69, 9.17) is 10.5 Å². The Balaban J connectivity index is 2.65. The van der Waals surface area contributed by atoms with Gasteiger partial charge >= 0.3 is 5.97 Å². The van der Waals surface area contributed by atoms with Crippen LogP contribution in [0.15, 0.2) is 24.3 Å². The Labute approximate surface area is 141 Å². The number of carbonyl (C=O) groups is 3. The van der Waals surface area contributed by atoms with Crippen LogP contribution in [0.5, 0.6) is 0 Å². The number of nitrogens with two attached hydrogens (primary N) is 1. The number of nitrogens with one attached hydrogen (secondary N) is 2. The highest BCUT2D eigenvalue weighted by Gasteiger charge is 2.19. The standard InChI is InChI=1S/C17H25N3O4/c1-5-24-17(23)11(4)19-15(21)12-6-8-13(9-7-12)20-16(22)14(18)10(2)3/h6-11,14H,5,18H2,1-4H3,(H,19,21)(H,20,22)/t11?,14-/m0/s1. The lowest BCUT2D eigenvalue weighted by atomic mass is 10.0. The molecule has 0 heterocycles. The minimum absolute atomic E-state index is 0.0272. The van der Waals surface area contributed by atoms with E-state index in [2.05, 4.69) is 10.6 Å². The fourth-order valence-electron chi connectivity index (χ4n) is 1.84. The van der Waals surface area contributed by atoms with Gasteiger partial charge in [0.2, 0.25) is 5.91 Å². The van der Waals surface area contributed by atoms with Crippen LogP contribution in [0.2, 0.25) is 0 Å². The third-order valence-corrected chi connectivity index (χ3v) is 3.42. The molecule has 0 saturated carbocycles. The molecule has 7 heteroatoms. The average molecular weight is 335 g/mol. The van der Waals surface area contributed by atoms with Crippen LogP contribution >= 0.6 is 0 Å². The zero-order valence-electron chi connectivity index (χ0n) is 14.5. The van der Waals surface area contributed by atoms with E-state index in [1.165, 1.54) is 0 Å². The van der Waals surface area contributed by atoms with Crippen molar-refractivity contribution in [1.29, 1.82) is 0 Å². The van der Waals surface area contributed by atoms with E-state index in [1.54, 1.807) is 38.1 Å². The van der Waals surface area contributed by atoms with Gasteiger partial charge in [-0.05, 0) is 44.0 Å². The van der Waals surface area contributed by atoms with Crippen LogP contribution < -0.4 is 16.4 Å². The minimum atomic E-state index is -0.735. The first kappa shape index (κ1) is 19.6. The highest BCUT2D eigenvalue weighted by atomic mass is 16.5. The highest BCUT2D eigenvalue weighted by molar-refractivity contribution is 5.98. The summed E-state index contributed by atoms with van der Waals surface area (Å²) in [5, 5.41) is 5.25. The molecule has 1 aromatic rings. The van der Waals surface area contributed by atoms with Crippen LogP contribution in [0.3, 0.4) is 0 Å².